The van der Waals surface area contributed by atoms with Gasteiger partial charge in [0.05, 0.1) is 12.5 Å². The van der Waals surface area contributed by atoms with Crippen LogP contribution in [0.5, 0.6) is 0 Å². The lowest BCUT2D eigenvalue weighted by Crippen LogP contribution is -2.50. The lowest BCUT2D eigenvalue weighted by atomic mass is 9.96. The number of likely N-dealkylation sites (tertiary alicyclic amines) is 1. The quantitative estimate of drug-likeness (QED) is 0.510. The fraction of sp³-hybridized carbons (Fsp3) is 0.308. The number of amides is 2. The number of hydrogen-bond acceptors (Lipinski definition) is 6. The maximum Gasteiger partial charge on any atom is 0.407 e. The Bertz CT molecular complexity index is 1240. The van der Waals surface area contributed by atoms with Crippen LogP contribution in [-0.2, 0) is 9.53 Å². The third-order valence-corrected chi connectivity index (χ3v) is 7.52. The zero-order chi connectivity index (χ0) is 24.5. The number of alkyl carbamates (subject to hydrolysis) is 1. The Balaban J connectivity index is 1.16. The maximum absolute atomic E-state index is 12.6. The van der Waals surface area contributed by atoms with Gasteiger partial charge in [-0.3, -0.25) is 9.59 Å². The summed E-state index contributed by atoms with van der Waals surface area (Å²) in [5, 5.41) is 13.9. The second-order valence-corrected chi connectivity index (χ2v) is 9.83. The fourth-order valence-electron chi connectivity index (χ4n) is 4.74. The normalized spacial score (nSPS) is 15.6. The molecule has 0 saturated carbocycles. The first-order valence-electron chi connectivity index (χ1n) is 11.5. The summed E-state index contributed by atoms with van der Waals surface area (Å²) in [7, 11) is 0. The number of benzene rings is 2. The molecule has 8 nitrogen and oxygen atoms in total. The van der Waals surface area contributed by atoms with Gasteiger partial charge in [0.15, 0.2) is 0 Å². The molecule has 1 atom stereocenters. The molecular formula is C26H25N3O5S. The van der Waals surface area contributed by atoms with Crippen molar-refractivity contribution in [1.29, 1.82) is 0 Å². The number of carboxylic acids is 1. The predicted octanol–water partition coefficient (Wildman–Crippen LogP) is 4.29. The highest BCUT2D eigenvalue weighted by molar-refractivity contribution is 7.09. The molecule has 1 unspecified atom stereocenters. The van der Waals surface area contributed by atoms with Gasteiger partial charge in [-0.2, -0.15) is 0 Å². The number of aliphatic carboxylic acids is 1. The number of nitrogens with zero attached hydrogens (tertiary/aromatic N) is 2. The number of thiazole rings is 1. The van der Waals surface area contributed by atoms with Gasteiger partial charge in [-0.15, -0.1) is 11.3 Å². The molecule has 2 amide bonds. The van der Waals surface area contributed by atoms with Crippen LogP contribution in [0.1, 0.15) is 51.9 Å². The van der Waals surface area contributed by atoms with Crippen LogP contribution in [0.3, 0.4) is 0 Å². The summed E-state index contributed by atoms with van der Waals surface area (Å²) in [6.07, 6.45) is -0.477. The Morgan fingerprint density at radius 1 is 1.11 bits per heavy atom. The maximum atomic E-state index is 12.6. The number of carbonyl (C=O) groups is 3. The molecule has 0 bridgehead atoms. The second-order valence-electron chi connectivity index (χ2n) is 8.94. The zero-order valence-corrected chi connectivity index (χ0v) is 20.0. The smallest absolute Gasteiger partial charge is 0.407 e. The molecule has 3 aromatic rings. The van der Waals surface area contributed by atoms with E-state index in [1.165, 1.54) is 22.5 Å². The Kier molecular flexibility index (Phi) is 6.25. The molecule has 2 N–H and O–H groups in total. The van der Waals surface area contributed by atoms with Gasteiger partial charge in [-0.05, 0) is 29.2 Å². The average molecular weight is 492 g/mol. The largest absolute Gasteiger partial charge is 0.481 e. The van der Waals surface area contributed by atoms with E-state index >= 15 is 0 Å². The van der Waals surface area contributed by atoms with Gasteiger partial charge < -0.3 is 20.1 Å². The highest BCUT2D eigenvalue weighted by Crippen LogP contribution is 2.44. The first-order valence-corrected chi connectivity index (χ1v) is 12.4. The summed E-state index contributed by atoms with van der Waals surface area (Å²) in [5.74, 6) is -1.11. The van der Waals surface area contributed by atoms with Crippen molar-refractivity contribution in [1.82, 2.24) is 15.2 Å². The molecule has 35 heavy (non-hydrogen) atoms. The van der Waals surface area contributed by atoms with Crippen molar-refractivity contribution in [2.75, 3.05) is 19.7 Å². The van der Waals surface area contributed by atoms with Crippen LogP contribution in [0, 0.1) is 5.92 Å². The van der Waals surface area contributed by atoms with Gasteiger partial charge in [0, 0.05) is 30.3 Å². The first-order chi connectivity index (χ1) is 16.9. The monoisotopic (exact) mass is 491 g/mol. The minimum Gasteiger partial charge on any atom is -0.481 e. The molecule has 2 heterocycles. The van der Waals surface area contributed by atoms with Crippen LogP contribution in [0.4, 0.5) is 4.79 Å². The Hall–Kier alpha value is -3.72. The van der Waals surface area contributed by atoms with Crippen LogP contribution in [-0.4, -0.2) is 52.7 Å². The van der Waals surface area contributed by atoms with Crippen molar-refractivity contribution in [2.24, 2.45) is 5.92 Å². The van der Waals surface area contributed by atoms with Crippen molar-refractivity contribution in [2.45, 2.75) is 25.3 Å². The topological polar surface area (TPSA) is 109 Å². The Morgan fingerprint density at radius 2 is 1.74 bits per heavy atom. The van der Waals surface area contributed by atoms with Crippen LogP contribution in [0.2, 0.25) is 0 Å². The molecular weight excluding hydrogens is 466 g/mol. The predicted molar refractivity (Wildman–Crippen MR) is 130 cm³/mol. The number of nitrogens with one attached hydrogen (secondary N) is 1. The molecule has 1 saturated heterocycles. The zero-order valence-electron chi connectivity index (χ0n) is 19.1. The van der Waals surface area contributed by atoms with E-state index < -0.39 is 18.1 Å². The van der Waals surface area contributed by atoms with Crippen LogP contribution < -0.4 is 5.32 Å². The molecule has 1 aliphatic heterocycles. The first kappa shape index (κ1) is 23.0. The van der Waals surface area contributed by atoms with Gasteiger partial charge in [0.1, 0.15) is 17.3 Å². The number of carboxylic acid groups (broad SMARTS) is 1. The number of hydrogen-bond donors (Lipinski definition) is 2. The summed E-state index contributed by atoms with van der Waals surface area (Å²) >= 11 is 1.29. The van der Waals surface area contributed by atoms with Crippen LogP contribution in [0.25, 0.3) is 11.1 Å². The molecule has 1 aromatic heterocycles. The van der Waals surface area contributed by atoms with Gasteiger partial charge in [-0.25, -0.2) is 9.78 Å². The number of carbonyl (C=O) groups excluding carboxylic acids is 2. The van der Waals surface area contributed by atoms with Gasteiger partial charge in [0.2, 0.25) is 0 Å². The Morgan fingerprint density at radius 3 is 2.37 bits per heavy atom. The van der Waals surface area contributed by atoms with E-state index in [1.54, 1.807) is 17.2 Å². The van der Waals surface area contributed by atoms with E-state index in [2.05, 4.69) is 34.6 Å². The third-order valence-electron chi connectivity index (χ3n) is 6.50. The van der Waals surface area contributed by atoms with Crippen molar-refractivity contribution in [3.63, 3.8) is 0 Å². The molecule has 9 heteroatoms. The molecule has 2 aromatic carbocycles. The highest BCUT2D eigenvalue weighted by Gasteiger charge is 2.34. The standard InChI is InChI=1S/C26H25N3O5S/c1-15(24-28-22(14-35-24)25(32)29-11-16(12-29)10-23(30)31)27-26(33)34-13-21-19-8-4-2-6-17(19)18-7-3-5-9-20(18)21/h2-9,14-16,21H,10-13H2,1H3,(H,27,33)(H,30,31). The van der Waals surface area contributed by atoms with Crippen molar-refractivity contribution >= 4 is 29.3 Å². The van der Waals surface area contributed by atoms with Gasteiger partial charge >= 0.3 is 12.1 Å². The number of ether oxygens (including phenoxy) is 1. The molecule has 0 radical (unpaired) electrons. The SMILES string of the molecule is CC(NC(=O)OCC1c2ccccc2-c2ccccc21)c1nc(C(=O)N2CC(CC(=O)O)C2)cs1. The second kappa shape index (κ2) is 9.50. The van der Waals surface area contributed by atoms with Crippen molar-refractivity contribution in [3.05, 3.63) is 75.7 Å². The lowest BCUT2D eigenvalue weighted by molar-refractivity contribution is -0.139. The fourth-order valence-corrected chi connectivity index (χ4v) is 5.54. The van der Waals surface area contributed by atoms with Crippen LogP contribution >= 0.6 is 11.3 Å². The summed E-state index contributed by atoms with van der Waals surface area (Å²) in [6, 6.07) is 15.9. The summed E-state index contributed by atoms with van der Waals surface area (Å²) in [4.78, 5) is 41.9. The van der Waals surface area contributed by atoms with Gasteiger partial charge in [-0.1, -0.05) is 48.5 Å². The van der Waals surface area contributed by atoms with Crippen LogP contribution in [0.15, 0.2) is 53.9 Å². The molecule has 2 aliphatic rings. The van der Waals surface area contributed by atoms with E-state index in [0.717, 1.165) is 11.1 Å². The highest BCUT2D eigenvalue weighted by atomic mass is 32.1. The summed E-state index contributed by atoms with van der Waals surface area (Å²) < 4.78 is 5.60. The van der Waals surface area contributed by atoms with E-state index in [9.17, 15) is 14.4 Å². The van der Waals surface area contributed by atoms with E-state index in [1.807, 2.05) is 24.3 Å². The Labute approximate surface area is 206 Å². The molecule has 5 rings (SSSR count). The van der Waals surface area contributed by atoms with E-state index in [0.29, 0.717) is 23.8 Å². The van der Waals surface area contributed by atoms with Crippen molar-refractivity contribution in [3.8, 4) is 11.1 Å². The molecule has 0 spiro atoms. The number of aromatic nitrogens is 1. The summed E-state index contributed by atoms with van der Waals surface area (Å²) in [5.41, 5.74) is 4.94. The molecule has 1 fully saturated rings. The minimum absolute atomic E-state index is 0.0104. The third kappa shape index (κ3) is 4.64. The van der Waals surface area contributed by atoms with Gasteiger partial charge in [0.25, 0.3) is 5.91 Å². The molecule has 1 aliphatic carbocycles. The van der Waals surface area contributed by atoms with E-state index in [4.69, 9.17) is 9.84 Å². The number of fused-ring (bicyclic) bond motifs is 3. The molecule has 180 valence electrons. The minimum atomic E-state index is -0.855. The summed E-state index contributed by atoms with van der Waals surface area (Å²) in [6.45, 7) is 2.86. The van der Waals surface area contributed by atoms with E-state index in [-0.39, 0.29) is 30.8 Å². The number of rotatable bonds is 7. The van der Waals surface area contributed by atoms with Crippen molar-refractivity contribution < 1.29 is 24.2 Å². The average Bonchev–Trinajstić information content (AvgIpc) is 3.43. The lowest BCUT2D eigenvalue weighted by Gasteiger charge is -2.38.